The second-order valence-corrected chi connectivity index (χ2v) is 4.26. The maximum absolute atomic E-state index is 12.1. The molecule has 1 aromatic heterocycles. The molecular weight excluding hydrogens is 280 g/mol. The third kappa shape index (κ3) is 3.88. The number of ether oxygens (including phenoxy) is 1. The molecule has 21 heavy (non-hydrogen) atoms. The average Bonchev–Trinajstić information content (AvgIpc) is 2.43. The van der Waals surface area contributed by atoms with E-state index in [0.29, 0.717) is 22.6 Å². The highest BCUT2D eigenvalue weighted by molar-refractivity contribution is 6.05. The molecular formula is C14H13F2N3O2. The molecule has 0 fully saturated rings. The van der Waals surface area contributed by atoms with Crippen LogP contribution in [-0.4, -0.2) is 17.5 Å². The van der Waals surface area contributed by atoms with Gasteiger partial charge in [0, 0.05) is 5.69 Å². The first kappa shape index (κ1) is 14.7. The molecule has 1 aromatic carbocycles. The topological polar surface area (TPSA) is 77.2 Å². The third-order valence-electron chi connectivity index (χ3n) is 2.69. The van der Waals surface area contributed by atoms with Crippen molar-refractivity contribution in [2.45, 2.75) is 13.5 Å². The number of hydrogen-bond donors (Lipinski definition) is 2. The second kappa shape index (κ2) is 6.17. The highest BCUT2D eigenvalue weighted by atomic mass is 19.3. The predicted molar refractivity (Wildman–Crippen MR) is 74.4 cm³/mol. The number of alkyl halides is 2. The van der Waals surface area contributed by atoms with Crippen LogP contribution >= 0.6 is 0 Å². The normalized spacial score (nSPS) is 10.5. The van der Waals surface area contributed by atoms with Crippen molar-refractivity contribution < 1.29 is 18.3 Å². The zero-order valence-electron chi connectivity index (χ0n) is 11.1. The van der Waals surface area contributed by atoms with Gasteiger partial charge < -0.3 is 15.8 Å². The van der Waals surface area contributed by atoms with Gasteiger partial charge in [0.05, 0.1) is 23.1 Å². The zero-order chi connectivity index (χ0) is 15.4. The number of carbonyl (C=O) groups excluding carboxylic acids is 1. The van der Waals surface area contributed by atoms with Gasteiger partial charge in [0.1, 0.15) is 5.75 Å². The number of amides is 1. The monoisotopic (exact) mass is 293 g/mol. The molecule has 3 N–H and O–H groups in total. The molecule has 0 spiro atoms. The maximum atomic E-state index is 12.1. The van der Waals surface area contributed by atoms with E-state index in [0.717, 1.165) is 0 Å². The van der Waals surface area contributed by atoms with Gasteiger partial charge in [-0.2, -0.15) is 8.78 Å². The van der Waals surface area contributed by atoms with Crippen molar-refractivity contribution in [1.29, 1.82) is 0 Å². The van der Waals surface area contributed by atoms with E-state index in [9.17, 15) is 13.6 Å². The second-order valence-electron chi connectivity index (χ2n) is 4.26. The van der Waals surface area contributed by atoms with E-state index >= 15 is 0 Å². The van der Waals surface area contributed by atoms with Crippen LogP contribution in [0.3, 0.4) is 0 Å². The Hall–Kier alpha value is -2.70. The van der Waals surface area contributed by atoms with Crippen LogP contribution < -0.4 is 15.8 Å². The molecule has 0 saturated heterocycles. The molecule has 0 bridgehead atoms. The fourth-order valence-corrected chi connectivity index (χ4v) is 1.70. The Kier molecular flexibility index (Phi) is 4.32. The Bertz CT molecular complexity index is 645. The summed E-state index contributed by atoms with van der Waals surface area (Å²) in [6.07, 6.45) is 1.46. The molecule has 1 amide bonds. The van der Waals surface area contributed by atoms with E-state index in [1.807, 2.05) is 0 Å². The quantitative estimate of drug-likeness (QED) is 0.908. The van der Waals surface area contributed by atoms with Crippen molar-refractivity contribution in [2.24, 2.45) is 0 Å². The molecule has 110 valence electrons. The number of rotatable bonds is 4. The van der Waals surface area contributed by atoms with E-state index in [4.69, 9.17) is 5.73 Å². The minimum atomic E-state index is -2.88. The van der Waals surface area contributed by atoms with Crippen LogP contribution in [0.5, 0.6) is 5.75 Å². The molecule has 0 aliphatic rings. The van der Waals surface area contributed by atoms with Crippen molar-refractivity contribution in [3.63, 3.8) is 0 Å². The Morgan fingerprint density at radius 2 is 2.00 bits per heavy atom. The number of pyridine rings is 1. The highest BCUT2D eigenvalue weighted by Crippen LogP contribution is 2.19. The van der Waals surface area contributed by atoms with Crippen LogP contribution in [0.15, 0.2) is 36.5 Å². The number of nitrogens with one attached hydrogen (secondary N) is 1. The van der Waals surface area contributed by atoms with Gasteiger partial charge in [0.2, 0.25) is 0 Å². The Morgan fingerprint density at radius 1 is 1.33 bits per heavy atom. The Balaban J connectivity index is 2.10. The highest BCUT2D eigenvalue weighted by Gasteiger charge is 2.11. The van der Waals surface area contributed by atoms with Crippen LogP contribution in [-0.2, 0) is 0 Å². The van der Waals surface area contributed by atoms with Crippen LogP contribution in [0, 0.1) is 6.92 Å². The summed E-state index contributed by atoms with van der Waals surface area (Å²) in [6, 6.07) is 7.12. The first-order valence-electron chi connectivity index (χ1n) is 6.04. The number of nitrogens with two attached hydrogens (primary N) is 1. The lowest BCUT2D eigenvalue weighted by atomic mass is 10.1. The van der Waals surface area contributed by atoms with E-state index in [2.05, 4.69) is 15.0 Å². The summed E-state index contributed by atoms with van der Waals surface area (Å²) in [6.45, 7) is -1.19. The fraction of sp³-hybridized carbons (Fsp3) is 0.143. The first-order valence-corrected chi connectivity index (χ1v) is 6.04. The Morgan fingerprint density at radius 3 is 2.62 bits per heavy atom. The number of aryl methyl sites for hydroxylation is 1. The molecule has 0 saturated carbocycles. The molecule has 7 heteroatoms. The van der Waals surface area contributed by atoms with E-state index < -0.39 is 6.61 Å². The molecule has 0 unspecified atom stereocenters. The molecule has 0 radical (unpaired) electrons. The smallest absolute Gasteiger partial charge is 0.387 e. The van der Waals surface area contributed by atoms with E-state index in [-0.39, 0.29) is 11.7 Å². The number of nitrogen functional groups attached to an aromatic ring is 1. The first-order chi connectivity index (χ1) is 9.95. The summed E-state index contributed by atoms with van der Waals surface area (Å²) in [7, 11) is 0. The Labute approximate surface area is 119 Å². The van der Waals surface area contributed by atoms with E-state index in [1.165, 1.54) is 36.5 Å². The number of carbonyl (C=O) groups is 1. The molecule has 0 atom stereocenters. The summed E-state index contributed by atoms with van der Waals surface area (Å²) in [5.74, 6) is -0.361. The molecule has 1 heterocycles. The fourth-order valence-electron chi connectivity index (χ4n) is 1.70. The molecule has 0 aliphatic carbocycles. The van der Waals surface area contributed by atoms with Gasteiger partial charge in [-0.1, -0.05) is 0 Å². The minimum absolute atomic E-state index is 0.0183. The summed E-state index contributed by atoms with van der Waals surface area (Å²) < 4.78 is 28.3. The van der Waals surface area contributed by atoms with Crippen LogP contribution in [0.2, 0.25) is 0 Å². The number of nitrogens with zero attached hydrogens (tertiary/aromatic N) is 1. The van der Waals surface area contributed by atoms with Crippen molar-refractivity contribution in [2.75, 3.05) is 11.1 Å². The van der Waals surface area contributed by atoms with E-state index in [1.54, 1.807) is 6.92 Å². The maximum Gasteiger partial charge on any atom is 0.387 e. The summed E-state index contributed by atoms with van der Waals surface area (Å²) in [5, 5.41) is 2.63. The van der Waals surface area contributed by atoms with Crippen molar-refractivity contribution in [3.8, 4) is 5.75 Å². The van der Waals surface area contributed by atoms with Crippen molar-refractivity contribution >= 4 is 17.3 Å². The lowest BCUT2D eigenvalue weighted by Crippen LogP contribution is -2.14. The van der Waals surface area contributed by atoms with Gasteiger partial charge in [0.25, 0.3) is 5.91 Å². The van der Waals surface area contributed by atoms with Crippen molar-refractivity contribution in [1.82, 2.24) is 4.98 Å². The number of aromatic nitrogens is 1. The lowest BCUT2D eigenvalue weighted by Gasteiger charge is -2.09. The van der Waals surface area contributed by atoms with Gasteiger partial charge in [-0.15, -0.1) is 0 Å². The predicted octanol–water partition coefficient (Wildman–Crippen LogP) is 2.83. The zero-order valence-corrected chi connectivity index (χ0v) is 11.1. The summed E-state index contributed by atoms with van der Waals surface area (Å²) >= 11 is 0. The minimum Gasteiger partial charge on any atom is -0.435 e. The number of halogens is 2. The summed E-state index contributed by atoms with van der Waals surface area (Å²) in [5.41, 5.74) is 7.31. The number of anilines is 2. The SMILES string of the molecule is Cc1ncc(N)cc1C(=O)Nc1ccc(OC(F)F)cc1. The summed E-state index contributed by atoms with van der Waals surface area (Å²) in [4.78, 5) is 16.1. The van der Waals surface area contributed by atoms with Gasteiger partial charge in [-0.05, 0) is 37.3 Å². The van der Waals surface area contributed by atoms with Gasteiger partial charge in [-0.3, -0.25) is 9.78 Å². The van der Waals surface area contributed by atoms with Crippen molar-refractivity contribution in [3.05, 3.63) is 47.8 Å². The van der Waals surface area contributed by atoms with Crippen LogP contribution in [0.4, 0.5) is 20.2 Å². The number of benzene rings is 1. The molecule has 2 aromatic rings. The van der Waals surface area contributed by atoms with Crippen LogP contribution in [0.25, 0.3) is 0 Å². The standard InChI is InChI=1S/C14H13F2N3O2/c1-8-12(6-9(17)7-18-8)13(20)19-10-2-4-11(5-3-10)21-14(15)16/h2-7,14H,17H2,1H3,(H,19,20). The molecule has 0 aliphatic heterocycles. The lowest BCUT2D eigenvalue weighted by molar-refractivity contribution is -0.0498. The van der Waals surface area contributed by atoms with Gasteiger partial charge in [0.15, 0.2) is 0 Å². The number of hydrogen-bond acceptors (Lipinski definition) is 4. The average molecular weight is 293 g/mol. The molecule has 5 nitrogen and oxygen atoms in total. The third-order valence-corrected chi connectivity index (χ3v) is 2.69. The van der Waals surface area contributed by atoms with Gasteiger partial charge >= 0.3 is 6.61 Å². The van der Waals surface area contributed by atoms with Crippen LogP contribution in [0.1, 0.15) is 16.1 Å². The molecule has 2 rings (SSSR count). The van der Waals surface area contributed by atoms with Gasteiger partial charge in [-0.25, -0.2) is 0 Å². The largest absolute Gasteiger partial charge is 0.435 e.